The van der Waals surface area contributed by atoms with E-state index >= 15 is 0 Å². The maximum atomic E-state index is 12.9. The SMILES string of the molecule is CON1CCC2(CC1)C(O)=C(c1c(C)cccc1C)C(=O)N2C. The van der Waals surface area contributed by atoms with Crippen LogP contribution >= 0.6 is 0 Å². The molecule has 124 valence electrons. The molecule has 0 aromatic heterocycles. The summed E-state index contributed by atoms with van der Waals surface area (Å²) in [6.45, 7) is 5.35. The van der Waals surface area contributed by atoms with Crippen LogP contribution in [0.25, 0.3) is 5.57 Å². The Kier molecular flexibility index (Phi) is 3.94. The van der Waals surface area contributed by atoms with Crippen molar-refractivity contribution in [2.75, 3.05) is 27.2 Å². The van der Waals surface area contributed by atoms with Crippen molar-refractivity contribution in [3.05, 3.63) is 40.6 Å². The lowest BCUT2D eigenvalue weighted by Gasteiger charge is -2.42. The van der Waals surface area contributed by atoms with Crippen LogP contribution in [0, 0.1) is 13.8 Å². The number of nitrogens with zero attached hydrogens (tertiary/aromatic N) is 2. The first-order chi connectivity index (χ1) is 10.9. The van der Waals surface area contributed by atoms with Crippen LogP contribution in [0.5, 0.6) is 0 Å². The molecule has 1 aromatic rings. The Morgan fingerprint density at radius 3 is 2.26 bits per heavy atom. The van der Waals surface area contributed by atoms with Crippen LogP contribution in [-0.2, 0) is 9.63 Å². The number of benzene rings is 1. The lowest BCUT2D eigenvalue weighted by Crippen LogP contribution is -2.53. The van der Waals surface area contributed by atoms with Gasteiger partial charge in [-0.25, -0.2) is 0 Å². The molecular formula is C18H24N2O3. The van der Waals surface area contributed by atoms with E-state index in [-0.39, 0.29) is 11.7 Å². The van der Waals surface area contributed by atoms with Crippen molar-refractivity contribution in [1.29, 1.82) is 0 Å². The van der Waals surface area contributed by atoms with Crippen molar-refractivity contribution in [2.24, 2.45) is 0 Å². The number of rotatable bonds is 2. The number of carbonyl (C=O) groups is 1. The number of likely N-dealkylation sites (N-methyl/N-ethyl adjacent to an activating group) is 1. The monoisotopic (exact) mass is 316 g/mol. The highest BCUT2D eigenvalue weighted by Gasteiger charge is 2.52. The molecule has 2 aliphatic heterocycles. The third-order valence-corrected chi connectivity index (χ3v) is 5.38. The Bertz CT molecular complexity index is 653. The van der Waals surface area contributed by atoms with Crippen molar-refractivity contribution in [1.82, 2.24) is 9.96 Å². The number of amides is 1. The van der Waals surface area contributed by atoms with Gasteiger partial charge in [0.15, 0.2) is 0 Å². The topological polar surface area (TPSA) is 53.0 Å². The molecule has 1 N–H and O–H groups in total. The number of aliphatic hydroxyl groups is 1. The number of aryl methyl sites for hydroxylation is 2. The second kappa shape index (κ2) is 5.65. The Labute approximate surface area is 137 Å². The van der Waals surface area contributed by atoms with Crippen molar-refractivity contribution in [3.63, 3.8) is 0 Å². The zero-order valence-electron chi connectivity index (χ0n) is 14.2. The predicted molar refractivity (Wildman–Crippen MR) is 88.8 cm³/mol. The molecule has 5 nitrogen and oxygen atoms in total. The molecule has 3 rings (SSSR count). The minimum Gasteiger partial charge on any atom is -0.509 e. The van der Waals surface area contributed by atoms with E-state index in [2.05, 4.69) is 0 Å². The van der Waals surface area contributed by atoms with Gasteiger partial charge in [-0.3, -0.25) is 4.79 Å². The molecule has 0 bridgehead atoms. The lowest BCUT2D eigenvalue weighted by atomic mass is 9.84. The molecule has 5 heteroatoms. The van der Waals surface area contributed by atoms with Gasteiger partial charge in [0.25, 0.3) is 5.91 Å². The van der Waals surface area contributed by atoms with Gasteiger partial charge in [-0.1, -0.05) is 18.2 Å². The quantitative estimate of drug-likeness (QED) is 0.910. The second-order valence-electron chi connectivity index (χ2n) is 6.50. The number of aliphatic hydroxyl groups excluding tert-OH is 1. The fourth-order valence-corrected chi connectivity index (χ4v) is 3.90. The second-order valence-corrected chi connectivity index (χ2v) is 6.50. The average Bonchev–Trinajstić information content (AvgIpc) is 2.71. The van der Waals surface area contributed by atoms with Crippen LogP contribution in [0.4, 0.5) is 0 Å². The van der Waals surface area contributed by atoms with Gasteiger partial charge < -0.3 is 14.8 Å². The van der Waals surface area contributed by atoms with Crippen molar-refractivity contribution < 1.29 is 14.7 Å². The van der Waals surface area contributed by atoms with Crippen molar-refractivity contribution >= 4 is 11.5 Å². The minimum absolute atomic E-state index is 0.0919. The summed E-state index contributed by atoms with van der Waals surface area (Å²) in [4.78, 5) is 19.9. The molecule has 0 unspecified atom stereocenters. The van der Waals surface area contributed by atoms with Crippen LogP contribution in [0.3, 0.4) is 0 Å². The Hall–Kier alpha value is -1.85. The van der Waals surface area contributed by atoms with Gasteiger partial charge in [0.1, 0.15) is 11.3 Å². The number of piperidine rings is 1. The molecule has 2 aliphatic rings. The molecule has 1 aromatic carbocycles. The summed E-state index contributed by atoms with van der Waals surface area (Å²) < 4.78 is 0. The summed E-state index contributed by atoms with van der Waals surface area (Å²) in [5, 5.41) is 12.9. The van der Waals surface area contributed by atoms with Gasteiger partial charge in [0, 0.05) is 20.1 Å². The Morgan fingerprint density at radius 1 is 1.17 bits per heavy atom. The first-order valence-electron chi connectivity index (χ1n) is 8.00. The van der Waals surface area contributed by atoms with Gasteiger partial charge in [-0.15, -0.1) is 0 Å². The standard InChI is InChI=1S/C18H24N2O3/c1-12-6-5-7-13(2)14(12)15-16(21)18(19(3)17(15)22)8-10-20(23-4)11-9-18/h5-7,21H,8-11H2,1-4H3. The van der Waals surface area contributed by atoms with Crippen LogP contribution in [-0.4, -0.2) is 53.8 Å². The third kappa shape index (κ3) is 2.26. The van der Waals surface area contributed by atoms with Crippen LogP contribution < -0.4 is 0 Å². The van der Waals surface area contributed by atoms with Gasteiger partial charge in [0.2, 0.25) is 0 Å². The number of hydrogen-bond acceptors (Lipinski definition) is 4. The smallest absolute Gasteiger partial charge is 0.258 e. The molecule has 0 radical (unpaired) electrons. The molecule has 1 fully saturated rings. The molecule has 0 aliphatic carbocycles. The van der Waals surface area contributed by atoms with Gasteiger partial charge in [-0.05, 0) is 43.4 Å². The minimum atomic E-state index is -0.601. The van der Waals surface area contributed by atoms with E-state index in [1.807, 2.05) is 37.1 Å². The van der Waals surface area contributed by atoms with Crippen molar-refractivity contribution in [2.45, 2.75) is 32.2 Å². The largest absolute Gasteiger partial charge is 0.509 e. The van der Waals surface area contributed by atoms with E-state index < -0.39 is 5.54 Å². The maximum absolute atomic E-state index is 12.9. The van der Waals surface area contributed by atoms with Gasteiger partial charge in [0.05, 0.1) is 12.7 Å². The molecule has 1 spiro atoms. The van der Waals surface area contributed by atoms with E-state index in [9.17, 15) is 9.90 Å². The summed E-state index contributed by atoms with van der Waals surface area (Å²) in [6.07, 6.45) is 1.34. The van der Waals surface area contributed by atoms with Crippen molar-refractivity contribution in [3.8, 4) is 0 Å². The fraction of sp³-hybridized carbons (Fsp3) is 0.500. The van der Waals surface area contributed by atoms with E-state index in [1.165, 1.54) is 0 Å². The molecule has 1 amide bonds. The first kappa shape index (κ1) is 16.0. The van der Waals surface area contributed by atoms with E-state index in [0.29, 0.717) is 31.5 Å². The Balaban J connectivity index is 2.09. The Morgan fingerprint density at radius 2 is 1.74 bits per heavy atom. The summed E-state index contributed by atoms with van der Waals surface area (Å²) in [7, 11) is 3.45. The summed E-state index contributed by atoms with van der Waals surface area (Å²) in [6, 6.07) is 5.94. The predicted octanol–water partition coefficient (Wildman–Crippen LogP) is 2.44. The maximum Gasteiger partial charge on any atom is 0.258 e. The van der Waals surface area contributed by atoms with Crippen LogP contribution in [0.15, 0.2) is 24.0 Å². The molecule has 23 heavy (non-hydrogen) atoms. The highest BCUT2D eigenvalue weighted by molar-refractivity contribution is 6.23. The fourth-order valence-electron chi connectivity index (χ4n) is 3.90. The molecule has 0 saturated carbocycles. The van der Waals surface area contributed by atoms with Crippen LogP contribution in [0.1, 0.15) is 29.5 Å². The molecule has 2 heterocycles. The zero-order chi connectivity index (χ0) is 16.8. The zero-order valence-corrected chi connectivity index (χ0v) is 14.2. The van der Waals surface area contributed by atoms with E-state index in [0.717, 1.165) is 16.7 Å². The van der Waals surface area contributed by atoms with Crippen LogP contribution in [0.2, 0.25) is 0 Å². The summed E-state index contributed by atoms with van der Waals surface area (Å²) in [5.74, 6) is 0.129. The molecule has 0 atom stereocenters. The lowest BCUT2D eigenvalue weighted by molar-refractivity contribution is -0.162. The summed E-state index contributed by atoms with van der Waals surface area (Å²) in [5.41, 5.74) is 2.76. The first-order valence-corrected chi connectivity index (χ1v) is 8.00. The number of carbonyl (C=O) groups excluding carboxylic acids is 1. The van der Waals surface area contributed by atoms with Gasteiger partial charge >= 0.3 is 0 Å². The highest BCUT2D eigenvalue weighted by Crippen LogP contribution is 2.45. The number of hydroxylamine groups is 2. The van der Waals surface area contributed by atoms with E-state index in [4.69, 9.17) is 4.84 Å². The molecular weight excluding hydrogens is 292 g/mol. The highest BCUT2D eigenvalue weighted by atomic mass is 16.7. The summed E-state index contributed by atoms with van der Waals surface area (Å²) >= 11 is 0. The average molecular weight is 316 g/mol. The van der Waals surface area contributed by atoms with Gasteiger partial charge in [-0.2, -0.15) is 5.06 Å². The third-order valence-electron chi connectivity index (χ3n) is 5.38. The number of hydrogen-bond donors (Lipinski definition) is 1. The normalized spacial score (nSPS) is 21.6. The van der Waals surface area contributed by atoms with E-state index in [1.54, 1.807) is 19.1 Å². The molecule has 1 saturated heterocycles.